The molecule has 1 aliphatic heterocycles. The van der Waals surface area contributed by atoms with Crippen LogP contribution in [-0.4, -0.2) is 47.0 Å². The normalized spacial score (nSPS) is 14.7. The van der Waals surface area contributed by atoms with Gasteiger partial charge in [0.15, 0.2) is 0 Å². The first-order valence-corrected chi connectivity index (χ1v) is 8.38. The van der Waals surface area contributed by atoms with Crippen molar-refractivity contribution < 1.29 is 9.18 Å². The largest absolute Gasteiger partial charge is 0.353 e. The van der Waals surface area contributed by atoms with E-state index in [2.05, 4.69) is 9.97 Å². The van der Waals surface area contributed by atoms with Crippen molar-refractivity contribution >= 4 is 11.7 Å². The van der Waals surface area contributed by atoms with Gasteiger partial charge in [0.05, 0.1) is 6.20 Å². The van der Waals surface area contributed by atoms with Crippen molar-refractivity contribution in [2.24, 2.45) is 0 Å². The van der Waals surface area contributed by atoms with Crippen LogP contribution in [0.15, 0.2) is 29.2 Å². The number of anilines is 1. The number of aromatic amines is 1. The average Bonchev–Trinajstić information content (AvgIpc) is 2.63. The van der Waals surface area contributed by atoms with Crippen molar-refractivity contribution in [3.05, 3.63) is 57.4 Å². The Balaban J connectivity index is 1.70. The summed E-state index contributed by atoms with van der Waals surface area (Å²) in [5.41, 5.74) is 1.62. The highest BCUT2D eigenvalue weighted by atomic mass is 19.1. The van der Waals surface area contributed by atoms with Crippen LogP contribution in [0.4, 0.5) is 10.2 Å². The number of amides is 1. The Morgan fingerprint density at radius 1 is 1.28 bits per heavy atom. The van der Waals surface area contributed by atoms with E-state index in [1.54, 1.807) is 17.0 Å². The molecule has 0 bridgehead atoms. The van der Waals surface area contributed by atoms with Crippen LogP contribution in [0.5, 0.6) is 0 Å². The van der Waals surface area contributed by atoms with Gasteiger partial charge in [0.1, 0.15) is 17.2 Å². The average molecular weight is 344 g/mol. The second-order valence-corrected chi connectivity index (χ2v) is 6.14. The molecule has 3 rings (SSSR count). The number of aromatic nitrogens is 2. The molecule has 1 fully saturated rings. The van der Waals surface area contributed by atoms with Gasteiger partial charge in [-0.25, -0.2) is 9.37 Å². The number of pyridine rings is 2. The van der Waals surface area contributed by atoms with Crippen LogP contribution >= 0.6 is 0 Å². The lowest BCUT2D eigenvalue weighted by molar-refractivity contribution is 0.0744. The van der Waals surface area contributed by atoms with Gasteiger partial charge in [0, 0.05) is 31.9 Å². The zero-order valence-corrected chi connectivity index (χ0v) is 14.4. The van der Waals surface area contributed by atoms with Gasteiger partial charge in [-0.15, -0.1) is 0 Å². The van der Waals surface area contributed by atoms with E-state index in [1.807, 2.05) is 18.7 Å². The van der Waals surface area contributed by atoms with Crippen LogP contribution in [0.25, 0.3) is 0 Å². The van der Waals surface area contributed by atoms with E-state index in [0.29, 0.717) is 32.0 Å². The summed E-state index contributed by atoms with van der Waals surface area (Å²) in [6, 6.07) is 4.68. The highest BCUT2D eigenvalue weighted by molar-refractivity contribution is 5.94. The van der Waals surface area contributed by atoms with Crippen LogP contribution in [0.1, 0.15) is 28.5 Å². The summed E-state index contributed by atoms with van der Waals surface area (Å²) in [4.78, 5) is 35.4. The number of nitrogens with one attached hydrogen (secondary N) is 1. The molecule has 0 spiro atoms. The van der Waals surface area contributed by atoms with Gasteiger partial charge < -0.3 is 14.8 Å². The Morgan fingerprint density at radius 2 is 2.00 bits per heavy atom. The number of rotatable bonds is 3. The van der Waals surface area contributed by atoms with Crippen molar-refractivity contribution in [3.63, 3.8) is 0 Å². The topological polar surface area (TPSA) is 69.3 Å². The number of halogens is 1. The quantitative estimate of drug-likeness (QED) is 0.921. The zero-order chi connectivity index (χ0) is 18.0. The van der Waals surface area contributed by atoms with E-state index in [9.17, 15) is 14.0 Å². The van der Waals surface area contributed by atoms with Gasteiger partial charge in [-0.3, -0.25) is 9.59 Å². The molecule has 1 amide bonds. The van der Waals surface area contributed by atoms with Crippen molar-refractivity contribution in [1.29, 1.82) is 0 Å². The number of H-pyrrole nitrogens is 1. The van der Waals surface area contributed by atoms with Crippen LogP contribution in [0.3, 0.4) is 0 Å². The molecule has 25 heavy (non-hydrogen) atoms. The summed E-state index contributed by atoms with van der Waals surface area (Å²) in [6.07, 6.45) is 1.91. The Bertz CT molecular complexity index is 824. The summed E-state index contributed by atoms with van der Waals surface area (Å²) >= 11 is 0. The summed E-state index contributed by atoms with van der Waals surface area (Å²) in [5, 5.41) is 0. The van der Waals surface area contributed by atoms with Gasteiger partial charge in [-0.2, -0.15) is 0 Å². The molecule has 3 heterocycles. The SMILES string of the molecule is CCc1[nH]c(=O)c(C(=O)N2CCN(c3ccc(F)cn3)CC2)cc1C. The molecule has 1 saturated heterocycles. The first-order chi connectivity index (χ1) is 12.0. The molecule has 2 aromatic rings. The Morgan fingerprint density at radius 3 is 2.60 bits per heavy atom. The number of hydrogen-bond donors (Lipinski definition) is 1. The van der Waals surface area contributed by atoms with Crippen LogP contribution in [0, 0.1) is 12.7 Å². The minimum Gasteiger partial charge on any atom is -0.353 e. The Hall–Kier alpha value is -2.70. The van der Waals surface area contributed by atoms with Gasteiger partial charge in [0.2, 0.25) is 0 Å². The number of nitrogens with zero attached hydrogens (tertiary/aromatic N) is 3. The van der Waals surface area contributed by atoms with Gasteiger partial charge in [-0.05, 0) is 37.1 Å². The molecule has 0 unspecified atom stereocenters. The van der Waals surface area contributed by atoms with Gasteiger partial charge in [0.25, 0.3) is 11.5 Å². The molecule has 1 N–H and O–H groups in total. The summed E-state index contributed by atoms with van der Waals surface area (Å²) in [7, 11) is 0. The second kappa shape index (κ2) is 7.04. The molecule has 0 aromatic carbocycles. The van der Waals surface area contributed by atoms with Crippen LogP contribution in [0.2, 0.25) is 0 Å². The van der Waals surface area contributed by atoms with Crippen molar-refractivity contribution in [2.45, 2.75) is 20.3 Å². The predicted molar refractivity (Wildman–Crippen MR) is 93.5 cm³/mol. The minimum atomic E-state index is -0.373. The fourth-order valence-electron chi connectivity index (χ4n) is 3.06. The molecule has 7 heteroatoms. The highest BCUT2D eigenvalue weighted by Gasteiger charge is 2.25. The molecule has 0 atom stereocenters. The van der Waals surface area contributed by atoms with E-state index >= 15 is 0 Å². The summed E-state index contributed by atoms with van der Waals surface area (Å²) in [5.74, 6) is 0.0656. The lowest BCUT2D eigenvalue weighted by Crippen LogP contribution is -2.50. The molecule has 0 saturated carbocycles. The zero-order valence-electron chi connectivity index (χ0n) is 14.4. The lowest BCUT2D eigenvalue weighted by atomic mass is 10.1. The summed E-state index contributed by atoms with van der Waals surface area (Å²) in [6.45, 7) is 6.02. The van der Waals surface area contributed by atoms with Gasteiger partial charge >= 0.3 is 0 Å². The third-order valence-electron chi connectivity index (χ3n) is 4.53. The molecule has 0 aliphatic carbocycles. The van der Waals surface area contributed by atoms with Crippen molar-refractivity contribution in [3.8, 4) is 0 Å². The van der Waals surface area contributed by atoms with Crippen LogP contribution < -0.4 is 10.5 Å². The van der Waals surface area contributed by atoms with E-state index in [0.717, 1.165) is 17.7 Å². The number of piperazine rings is 1. The van der Waals surface area contributed by atoms with Crippen molar-refractivity contribution in [1.82, 2.24) is 14.9 Å². The minimum absolute atomic E-state index is 0.183. The van der Waals surface area contributed by atoms with Gasteiger partial charge in [-0.1, -0.05) is 6.92 Å². The number of carbonyl (C=O) groups is 1. The fourth-order valence-corrected chi connectivity index (χ4v) is 3.06. The number of aryl methyl sites for hydroxylation is 2. The molecule has 0 radical (unpaired) electrons. The second-order valence-electron chi connectivity index (χ2n) is 6.14. The van der Waals surface area contributed by atoms with Crippen LogP contribution in [-0.2, 0) is 6.42 Å². The molecular formula is C18H21FN4O2. The standard InChI is InChI=1S/C18H21FN4O2/c1-3-15-12(2)10-14(17(24)21-15)18(25)23-8-6-22(7-9-23)16-5-4-13(19)11-20-16/h4-5,10-11H,3,6-9H2,1-2H3,(H,21,24). The number of carbonyl (C=O) groups excluding carboxylic acids is 1. The first kappa shape index (κ1) is 17.1. The van der Waals surface area contributed by atoms with Crippen molar-refractivity contribution in [2.75, 3.05) is 31.1 Å². The molecule has 132 valence electrons. The fraction of sp³-hybridized carbons (Fsp3) is 0.389. The maximum Gasteiger partial charge on any atom is 0.261 e. The van der Waals surface area contributed by atoms with E-state index in [4.69, 9.17) is 0 Å². The smallest absolute Gasteiger partial charge is 0.261 e. The third kappa shape index (κ3) is 3.55. The summed E-state index contributed by atoms with van der Waals surface area (Å²) < 4.78 is 13.0. The van der Waals surface area contributed by atoms with E-state index in [-0.39, 0.29) is 22.8 Å². The maximum atomic E-state index is 13.0. The lowest BCUT2D eigenvalue weighted by Gasteiger charge is -2.35. The maximum absolute atomic E-state index is 13.0. The molecule has 2 aromatic heterocycles. The van der Waals surface area contributed by atoms with E-state index in [1.165, 1.54) is 12.3 Å². The highest BCUT2D eigenvalue weighted by Crippen LogP contribution is 2.15. The first-order valence-electron chi connectivity index (χ1n) is 8.38. The Kier molecular flexibility index (Phi) is 4.83. The third-order valence-corrected chi connectivity index (χ3v) is 4.53. The number of hydrogen-bond acceptors (Lipinski definition) is 4. The Labute approximate surface area is 145 Å². The molecule has 1 aliphatic rings. The van der Waals surface area contributed by atoms with E-state index < -0.39 is 0 Å². The predicted octanol–water partition coefficient (Wildman–Crippen LogP) is 1.74. The molecule has 6 nitrogen and oxygen atoms in total. The monoisotopic (exact) mass is 344 g/mol. The molecular weight excluding hydrogens is 323 g/mol.